The van der Waals surface area contributed by atoms with E-state index in [0.29, 0.717) is 5.92 Å². The molecule has 3 atom stereocenters. The summed E-state index contributed by atoms with van der Waals surface area (Å²) < 4.78 is 0. The quantitative estimate of drug-likeness (QED) is 0.812. The molecule has 3 heteroatoms. The van der Waals surface area contributed by atoms with Gasteiger partial charge in [0.15, 0.2) is 0 Å². The molecule has 18 heavy (non-hydrogen) atoms. The fraction of sp³-hybridized carbons (Fsp3) is 1.00. The van der Waals surface area contributed by atoms with Crippen molar-refractivity contribution in [3.63, 3.8) is 0 Å². The maximum absolute atomic E-state index is 10.0. The predicted molar refractivity (Wildman–Crippen MR) is 75.7 cm³/mol. The number of hydrogen-bond donors (Lipinski definition) is 1. The molecule has 1 aliphatic heterocycles. The summed E-state index contributed by atoms with van der Waals surface area (Å²) in [7, 11) is 2.23. The largest absolute Gasteiger partial charge is 0.393 e. The third kappa shape index (κ3) is 3.69. The van der Waals surface area contributed by atoms with Crippen LogP contribution in [0.4, 0.5) is 0 Å². The normalized spacial score (nSPS) is 34.3. The second-order valence-electron chi connectivity index (χ2n) is 6.26. The monoisotopic (exact) mass is 254 g/mol. The summed E-state index contributed by atoms with van der Waals surface area (Å²) in [6.45, 7) is 6.99. The van der Waals surface area contributed by atoms with Crippen LogP contribution in [0.2, 0.25) is 0 Å². The van der Waals surface area contributed by atoms with Gasteiger partial charge in [0.2, 0.25) is 0 Å². The first-order valence-electron chi connectivity index (χ1n) is 7.81. The number of hydrogen-bond acceptors (Lipinski definition) is 3. The van der Waals surface area contributed by atoms with Gasteiger partial charge in [-0.2, -0.15) is 0 Å². The Balaban J connectivity index is 1.75. The van der Waals surface area contributed by atoms with Gasteiger partial charge < -0.3 is 10.0 Å². The molecule has 2 rings (SSSR count). The van der Waals surface area contributed by atoms with Crippen molar-refractivity contribution in [2.45, 2.75) is 57.6 Å². The van der Waals surface area contributed by atoms with Gasteiger partial charge in [-0.15, -0.1) is 0 Å². The van der Waals surface area contributed by atoms with Crippen molar-refractivity contribution in [2.24, 2.45) is 5.92 Å². The minimum absolute atomic E-state index is 0.0490. The van der Waals surface area contributed by atoms with E-state index < -0.39 is 0 Å². The zero-order valence-corrected chi connectivity index (χ0v) is 12.1. The SMILES string of the molecule is CCN1CCCC1CN(C)CC1CCCCC1O. The van der Waals surface area contributed by atoms with Gasteiger partial charge in [-0.05, 0) is 51.7 Å². The first-order valence-corrected chi connectivity index (χ1v) is 7.81. The molecule has 106 valence electrons. The highest BCUT2D eigenvalue weighted by Gasteiger charge is 2.27. The van der Waals surface area contributed by atoms with Crippen molar-refractivity contribution in [1.29, 1.82) is 0 Å². The van der Waals surface area contributed by atoms with Crippen LogP contribution in [0, 0.1) is 5.92 Å². The lowest BCUT2D eigenvalue weighted by atomic mass is 9.86. The van der Waals surface area contributed by atoms with Crippen LogP contribution in [0.15, 0.2) is 0 Å². The Kier molecular flexibility index (Phi) is 5.46. The molecule has 1 saturated heterocycles. The lowest BCUT2D eigenvalue weighted by molar-refractivity contribution is 0.0471. The molecule has 1 heterocycles. The highest BCUT2D eigenvalue weighted by molar-refractivity contribution is 4.82. The van der Waals surface area contributed by atoms with Gasteiger partial charge in [0.05, 0.1) is 6.10 Å². The van der Waals surface area contributed by atoms with Gasteiger partial charge in [-0.1, -0.05) is 19.8 Å². The molecule has 0 aromatic rings. The molecule has 1 aliphatic carbocycles. The zero-order chi connectivity index (χ0) is 13.0. The summed E-state index contributed by atoms with van der Waals surface area (Å²) >= 11 is 0. The molecule has 0 aromatic heterocycles. The summed E-state index contributed by atoms with van der Waals surface area (Å²) in [6, 6.07) is 0.751. The Morgan fingerprint density at radius 1 is 1.11 bits per heavy atom. The maximum atomic E-state index is 10.0. The Morgan fingerprint density at radius 2 is 1.89 bits per heavy atom. The standard InChI is InChI=1S/C15H30N2O/c1-3-17-10-6-8-14(17)12-16(2)11-13-7-4-5-9-15(13)18/h13-15,18H,3-12H2,1-2H3. The molecular weight excluding hydrogens is 224 g/mol. The topological polar surface area (TPSA) is 26.7 Å². The smallest absolute Gasteiger partial charge is 0.0580 e. The fourth-order valence-corrected chi connectivity index (χ4v) is 3.75. The van der Waals surface area contributed by atoms with E-state index in [2.05, 4.69) is 23.8 Å². The Morgan fingerprint density at radius 3 is 2.61 bits per heavy atom. The van der Waals surface area contributed by atoms with Gasteiger partial charge in [0, 0.05) is 19.1 Å². The lowest BCUT2D eigenvalue weighted by Gasteiger charge is -2.33. The van der Waals surface area contributed by atoms with E-state index in [1.54, 1.807) is 0 Å². The van der Waals surface area contributed by atoms with Crippen molar-refractivity contribution in [2.75, 3.05) is 33.2 Å². The van der Waals surface area contributed by atoms with Gasteiger partial charge in [-0.3, -0.25) is 4.90 Å². The molecule has 2 fully saturated rings. The number of aliphatic hydroxyl groups excluding tert-OH is 1. The molecule has 0 bridgehead atoms. The van der Waals surface area contributed by atoms with Crippen LogP contribution >= 0.6 is 0 Å². The molecule has 0 amide bonds. The fourth-order valence-electron chi connectivity index (χ4n) is 3.75. The molecule has 3 nitrogen and oxygen atoms in total. The van der Waals surface area contributed by atoms with E-state index in [1.165, 1.54) is 51.7 Å². The van der Waals surface area contributed by atoms with Gasteiger partial charge in [0.25, 0.3) is 0 Å². The Hall–Kier alpha value is -0.120. The molecule has 0 spiro atoms. The van der Waals surface area contributed by atoms with Crippen molar-refractivity contribution >= 4 is 0 Å². The van der Waals surface area contributed by atoms with Crippen LogP contribution in [0.25, 0.3) is 0 Å². The minimum atomic E-state index is -0.0490. The van der Waals surface area contributed by atoms with E-state index in [9.17, 15) is 5.11 Å². The van der Waals surface area contributed by atoms with E-state index >= 15 is 0 Å². The summed E-state index contributed by atoms with van der Waals surface area (Å²) in [5, 5.41) is 10.0. The average Bonchev–Trinajstić information content (AvgIpc) is 2.79. The number of aliphatic hydroxyl groups is 1. The highest BCUT2D eigenvalue weighted by atomic mass is 16.3. The molecule has 0 radical (unpaired) electrons. The van der Waals surface area contributed by atoms with Crippen molar-refractivity contribution in [3.05, 3.63) is 0 Å². The maximum Gasteiger partial charge on any atom is 0.0580 e. The summed E-state index contributed by atoms with van der Waals surface area (Å²) in [6.07, 6.45) is 7.42. The molecule has 1 N–H and O–H groups in total. The van der Waals surface area contributed by atoms with Crippen LogP contribution in [-0.2, 0) is 0 Å². The first-order chi connectivity index (χ1) is 8.70. The second kappa shape index (κ2) is 6.88. The van der Waals surface area contributed by atoms with Crippen LogP contribution in [0.1, 0.15) is 45.4 Å². The molecule has 1 saturated carbocycles. The van der Waals surface area contributed by atoms with E-state index in [-0.39, 0.29) is 6.10 Å². The average molecular weight is 254 g/mol. The molecular formula is C15H30N2O. The lowest BCUT2D eigenvalue weighted by Crippen LogP contribution is -2.42. The van der Waals surface area contributed by atoms with Crippen LogP contribution in [0.3, 0.4) is 0 Å². The van der Waals surface area contributed by atoms with Crippen LogP contribution in [-0.4, -0.2) is 60.3 Å². The van der Waals surface area contributed by atoms with Gasteiger partial charge in [0.1, 0.15) is 0 Å². The Labute approximate surface area is 112 Å². The third-order valence-electron chi connectivity index (χ3n) is 4.84. The van der Waals surface area contributed by atoms with E-state index in [4.69, 9.17) is 0 Å². The summed E-state index contributed by atoms with van der Waals surface area (Å²) in [5.74, 6) is 0.514. The van der Waals surface area contributed by atoms with Crippen molar-refractivity contribution in [1.82, 2.24) is 9.80 Å². The van der Waals surface area contributed by atoms with Gasteiger partial charge in [-0.25, -0.2) is 0 Å². The third-order valence-corrected chi connectivity index (χ3v) is 4.84. The second-order valence-corrected chi connectivity index (χ2v) is 6.26. The number of likely N-dealkylation sites (N-methyl/N-ethyl adjacent to an activating group) is 2. The zero-order valence-electron chi connectivity index (χ0n) is 12.1. The first kappa shape index (κ1) is 14.3. The van der Waals surface area contributed by atoms with Crippen LogP contribution < -0.4 is 0 Å². The highest BCUT2D eigenvalue weighted by Crippen LogP contribution is 2.25. The number of rotatable bonds is 5. The summed E-state index contributed by atoms with van der Waals surface area (Å²) in [5.41, 5.74) is 0. The van der Waals surface area contributed by atoms with Crippen molar-refractivity contribution in [3.8, 4) is 0 Å². The number of likely N-dealkylation sites (tertiary alicyclic amines) is 1. The molecule has 2 aliphatic rings. The predicted octanol–water partition coefficient (Wildman–Crippen LogP) is 1.95. The van der Waals surface area contributed by atoms with Gasteiger partial charge >= 0.3 is 0 Å². The van der Waals surface area contributed by atoms with Crippen molar-refractivity contribution < 1.29 is 5.11 Å². The summed E-state index contributed by atoms with van der Waals surface area (Å²) in [4.78, 5) is 5.06. The minimum Gasteiger partial charge on any atom is -0.393 e. The van der Waals surface area contributed by atoms with E-state index in [1.807, 2.05) is 0 Å². The van der Waals surface area contributed by atoms with Crippen LogP contribution in [0.5, 0.6) is 0 Å². The Bertz CT molecular complexity index is 243. The molecule has 0 aromatic carbocycles. The molecule has 3 unspecified atom stereocenters. The van der Waals surface area contributed by atoms with E-state index in [0.717, 1.165) is 19.0 Å². The number of nitrogens with zero attached hydrogens (tertiary/aromatic N) is 2.